The van der Waals surface area contributed by atoms with Crippen molar-refractivity contribution in [3.05, 3.63) is 54.1 Å². The smallest absolute Gasteiger partial charge is 0.152 e. The van der Waals surface area contributed by atoms with Crippen LogP contribution in [0.5, 0.6) is 5.75 Å². The molecule has 1 heterocycles. The molecule has 4 nitrogen and oxygen atoms in total. The molecule has 0 aromatic heterocycles. The number of nitrogens with one attached hydrogen (secondary N) is 1. The van der Waals surface area contributed by atoms with Gasteiger partial charge in [0.15, 0.2) is 6.23 Å². The molecule has 3 N–H and O–H groups in total. The first-order chi connectivity index (χ1) is 10.2. The van der Waals surface area contributed by atoms with E-state index < -0.39 is 12.3 Å². The van der Waals surface area contributed by atoms with Crippen LogP contribution in [0.2, 0.25) is 0 Å². The molecule has 5 heteroatoms. The average molecular weight is 303 g/mol. The van der Waals surface area contributed by atoms with Crippen LogP contribution < -0.4 is 10.1 Å². The molecule has 0 fully saturated rings. The number of aliphatic hydroxyl groups is 2. The molecular weight excluding hydrogens is 286 g/mol. The van der Waals surface area contributed by atoms with Gasteiger partial charge in [-0.25, -0.2) is 0 Å². The zero-order chi connectivity index (χ0) is 14.8. The molecule has 0 bridgehead atoms. The minimum absolute atomic E-state index is 0.248. The summed E-state index contributed by atoms with van der Waals surface area (Å²) in [5, 5.41) is 23.2. The topological polar surface area (TPSA) is 61.7 Å². The lowest BCUT2D eigenvalue weighted by Crippen LogP contribution is -2.35. The molecule has 110 valence electrons. The monoisotopic (exact) mass is 303 g/mol. The van der Waals surface area contributed by atoms with Gasteiger partial charge in [0, 0.05) is 10.6 Å². The Kier molecular flexibility index (Phi) is 4.05. The van der Waals surface area contributed by atoms with Crippen molar-refractivity contribution >= 4 is 17.4 Å². The van der Waals surface area contributed by atoms with Crippen molar-refractivity contribution in [2.75, 3.05) is 12.4 Å². The number of para-hydroxylation sites is 1. The molecule has 21 heavy (non-hydrogen) atoms. The highest BCUT2D eigenvalue weighted by Crippen LogP contribution is 2.44. The van der Waals surface area contributed by atoms with E-state index >= 15 is 0 Å². The lowest BCUT2D eigenvalue weighted by Gasteiger charge is -2.24. The first-order valence-electron chi connectivity index (χ1n) is 6.71. The van der Waals surface area contributed by atoms with Gasteiger partial charge in [0.25, 0.3) is 0 Å². The number of benzene rings is 2. The van der Waals surface area contributed by atoms with Crippen LogP contribution >= 0.6 is 11.8 Å². The second kappa shape index (κ2) is 5.97. The number of hydrogen-bond acceptors (Lipinski definition) is 5. The highest BCUT2D eigenvalue weighted by molar-refractivity contribution is 7.99. The SMILES string of the molecule is COc1ccc([C@@H]2Sc3ccccc3NC(O)[C@@H]2O)cc1. The quantitative estimate of drug-likeness (QED) is 0.796. The predicted molar refractivity (Wildman–Crippen MR) is 83.7 cm³/mol. The zero-order valence-corrected chi connectivity index (χ0v) is 12.4. The van der Waals surface area contributed by atoms with Crippen LogP contribution in [0.1, 0.15) is 10.8 Å². The molecule has 1 aliphatic rings. The minimum atomic E-state index is -1.01. The summed E-state index contributed by atoms with van der Waals surface area (Å²) in [6, 6.07) is 15.3. The molecular formula is C16H17NO3S. The Labute approximate surface area is 127 Å². The number of anilines is 1. The maximum absolute atomic E-state index is 10.4. The molecule has 0 saturated heterocycles. The Morgan fingerprint density at radius 1 is 1.05 bits per heavy atom. The number of ether oxygens (including phenoxy) is 1. The summed E-state index contributed by atoms with van der Waals surface area (Å²) in [6.07, 6.45) is -1.91. The first-order valence-corrected chi connectivity index (χ1v) is 7.59. The van der Waals surface area contributed by atoms with Gasteiger partial charge in [0.05, 0.1) is 12.4 Å². The fourth-order valence-corrected chi connectivity index (χ4v) is 3.63. The number of fused-ring (bicyclic) bond motifs is 1. The molecule has 2 aromatic carbocycles. The van der Waals surface area contributed by atoms with Crippen molar-refractivity contribution in [1.82, 2.24) is 0 Å². The van der Waals surface area contributed by atoms with Crippen molar-refractivity contribution in [3.63, 3.8) is 0 Å². The van der Waals surface area contributed by atoms with Gasteiger partial charge in [0.2, 0.25) is 0 Å². The molecule has 0 spiro atoms. The second-order valence-corrected chi connectivity index (χ2v) is 6.07. The summed E-state index contributed by atoms with van der Waals surface area (Å²) >= 11 is 1.54. The van der Waals surface area contributed by atoms with E-state index in [9.17, 15) is 10.2 Å². The standard InChI is InChI=1S/C16H17NO3S/c1-20-11-8-6-10(7-9-11)15-14(18)16(19)17-12-4-2-3-5-13(12)21-15/h2-9,14-19H,1H3/t14-,15+,16?/m1/s1. The van der Waals surface area contributed by atoms with Crippen LogP contribution in [0.25, 0.3) is 0 Å². The summed E-state index contributed by atoms with van der Waals surface area (Å²) in [4.78, 5) is 1.01. The van der Waals surface area contributed by atoms with E-state index in [4.69, 9.17) is 4.74 Å². The highest BCUT2D eigenvalue weighted by atomic mass is 32.2. The van der Waals surface area contributed by atoms with E-state index in [1.54, 1.807) is 18.9 Å². The fraction of sp³-hybridized carbons (Fsp3) is 0.250. The van der Waals surface area contributed by atoms with E-state index in [1.807, 2.05) is 48.5 Å². The second-order valence-electron chi connectivity index (χ2n) is 4.89. The van der Waals surface area contributed by atoms with Crippen molar-refractivity contribution in [3.8, 4) is 5.75 Å². The largest absolute Gasteiger partial charge is 0.497 e. The van der Waals surface area contributed by atoms with Crippen molar-refractivity contribution in [2.45, 2.75) is 22.5 Å². The van der Waals surface area contributed by atoms with Crippen LogP contribution in [0.15, 0.2) is 53.4 Å². The normalized spacial score (nSPS) is 24.6. The van der Waals surface area contributed by atoms with Gasteiger partial charge in [-0.2, -0.15) is 0 Å². The molecule has 3 rings (SSSR count). The molecule has 0 amide bonds. The van der Waals surface area contributed by atoms with Gasteiger partial charge in [-0.1, -0.05) is 24.3 Å². The number of rotatable bonds is 2. The number of thioether (sulfide) groups is 1. The first kappa shape index (κ1) is 14.3. The predicted octanol–water partition coefficient (Wildman–Crippen LogP) is 2.63. The third kappa shape index (κ3) is 2.85. The molecule has 2 aromatic rings. The minimum Gasteiger partial charge on any atom is -0.497 e. The van der Waals surface area contributed by atoms with Crippen molar-refractivity contribution in [1.29, 1.82) is 0 Å². The van der Waals surface area contributed by atoms with E-state index in [1.165, 1.54) is 0 Å². The third-order valence-corrected chi connectivity index (χ3v) is 4.94. The van der Waals surface area contributed by atoms with Crippen LogP contribution in [-0.2, 0) is 0 Å². The lowest BCUT2D eigenvalue weighted by atomic mass is 10.1. The summed E-state index contributed by atoms with van der Waals surface area (Å²) in [5.41, 5.74) is 1.79. The summed E-state index contributed by atoms with van der Waals surface area (Å²) in [5.74, 6) is 0.769. The average Bonchev–Trinajstić information content (AvgIpc) is 2.65. The van der Waals surface area contributed by atoms with Crippen molar-refractivity contribution in [2.24, 2.45) is 0 Å². The molecule has 1 aliphatic heterocycles. The van der Waals surface area contributed by atoms with E-state index in [-0.39, 0.29) is 5.25 Å². The van der Waals surface area contributed by atoms with E-state index in [0.29, 0.717) is 0 Å². The summed E-state index contributed by atoms with van der Waals surface area (Å²) in [6.45, 7) is 0. The zero-order valence-electron chi connectivity index (χ0n) is 11.6. The van der Waals surface area contributed by atoms with Crippen molar-refractivity contribution < 1.29 is 14.9 Å². The van der Waals surface area contributed by atoms with Gasteiger partial charge in [-0.3, -0.25) is 0 Å². The Morgan fingerprint density at radius 3 is 2.48 bits per heavy atom. The van der Waals surface area contributed by atoms with Gasteiger partial charge in [0.1, 0.15) is 11.9 Å². The van der Waals surface area contributed by atoms with Gasteiger partial charge in [-0.05, 0) is 29.8 Å². The van der Waals surface area contributed by atoms with Gasteiger partial charge < -0.3 is 20.3 Å². The van der Waals surface area contributed by atoms with E-state index in [2.05, 4.69) is 5.32 Å². The van der Waals surface area contributed by atoms with E-state index in [0.717, 1.165) is 21.9 Å². The Balaban J connectivity index is 1.96. The number of hydrogen-bond donors (Lipinski definition) is 3. The molecule has 3 atom stereocenters. The Bertz CT molecular complexity index is 617. The molecule has 0 saturated carbocycles. The van der Waals surface area contributed by atoms with Crippen LogP contribution in [0.3, 0.4) is 0 Å². The third-order valence-electron chi connectivity index (χ3n) is 3.52. The van der Waals surface area contributed by atoms with Crippen LogP contribution in [0, 0.1) is 0 Å². The molecule has 0 radical (unpaired) electrons. The summed E-state index contributed by atoms with van der Waals surface area (Å²) in [7, 11) is 1.62. The van der Waals surface area contributed by atoms with Crippen LogP contribution in [0.4, 0.5) is 5.69 Å². The lowest BCUT2D eigenvalue weighted by molar-refractivity contribution is 0.0363. The molecule has 1 unspecified atom stereocenters. The maximum Gasteiger partial charge on any atom is 0.152 e. The highest BCUT2D eigenvalue weighted by Gasteiger charge is 2.32. The Hall–Kier alpha value is -1.69. The number of aliphatic hydroxyl groups excluding tert-OH is 2. The van der Waals surface area contributed by atoms with Crippen LogP contribution in [-0.4, -0.2) is 29.7 Å². The maximum atomic E-state index is 10.4. The van der Waals surface area contributed by atoms with Gasteiger partial charge >= 0.3 is 0 Å². The Morgan fingerprint density at radius 2 is 1.76 bits per heavy atom. The number of methoxy groups -OCH3 is 1. The fourth-order valence-electron chi connectivity index (χ4n) is 2.36. The summed E-state index contributed by atoms with van der Waals surface area (Å²) < 4.78 is 5.15. The van der Waals surface area contributed by atoms with Gasteiger partial charge in [-0.15, -0.1) is 11.8 Å². The molecule has 0 aliphatic carbocycles.